The summed E-state index contributed by atoms with van der Waals surface area (Å²) < 4.78 is 4.84. The molecule has 1 heterocycles. The average Bonchev–Trinajstić information content (AvgIpc) is 2.56. The van der Waals surface area contributed by atoms with Gasteiger partial charge in [0.2, 0.25) is 0 Å². The molecule has 0 amide bonds. The van der Waals surface area contributed by atoms with Gasteiger partial charge in [0.1, 0.15) is 0 Å². The van der Waals surface area contributed by atoms with E-state index in [2.05, 4.69) is 4.90 Å². The smallest absolute Gasteiger partial charge is 0.330 e. The van der Waals surface area contributed by atoms with Crippen LogP contribution >= 0.6 is 0 Å². The summed E-state index contributed by atoms with van der Waals surface area (Å²) in [6.07, 6.45) is 4.17. The van der Waals surface area contributed by atoms with Crippen LogP contribution in [-0.2, 0) is 9.53 Å². The fraction of sp³-hybridized carbons (Fsp3) is 0.727. The largest absolute Gasteiger partial charge is 0.463 e. The summed E-state index contributed by atoms with van der Waals surface area (Å²) in [6.45, 7) is 7.48. The molecule has 0 atom stereocenters. The second-order valence-corrected chi connectivity index (χ2v) is 3.73. The summed E-state index contributed by atoms with van der Waals surface area (Å²) in [5, 5.41) is 0. The highest BCUT2D eigenvalue weighted by atomic mass is 16.5. The maximum absolute atomic E-state index is 11.1. The van der Waals surface area contributed by atoms with Crippen molar-refractivity contribution < 1.29 is 9.53 Å². The van der Waals surface area contributed by atoms with Crippen molar-refractivity contribution in [3.63, 3.8) is 0 Å². The van der Waals surface area contributed by atoms with E-state index in [0.29, 0.717) is 6.61 Å². The first-order valence-corrected chi connectivity index (χ1v) is 5.28. The van der Waals surface area contributed by atoms with Crippen LogP contribution in [0.15, 0.2) is 11.6 Å². The standard InChI is InChI=1S/C11H19NO2/c1-3-14-11(13)8-10(2)9-12-6-4-5-7-12/h8H,3-7,9H2,1-2H3. The molecule has 0 saturated carbocycles. The highest BCUT2D eigenvalue weighted by Gasteiger charge is 2.11. The van der Waals surface area contributed by atoms with Gasteiger partial charge in [-0.3, -0.25) is 4.90 Å². The molecule has 3 nitrogen and oxygen atoms in total. The minimum atomic E-state index is -0.218. The number of nitrogens with zero attached hydrogens (tertiary/aromatic N) is 1. The molecule has 3 heteroatoms. The lowest BCUT2D eigenvalue weighted by Crippen LogP contribution is -2.21. The highest BCUT2D eigenvalue weighted by molar-refractivity contribution is 5.82. The van der Waals surface area contributed by atoms with E-state index in [-0.39, 0.29) is 5.97 Å². The van der Waals surface area contributed by atoms with E-state index < -0.39 is 0 Å². The molecule has 0 radical (unpaired) electrons. The van der Waals surface area contributed by atoms with Gasteiger partial charge in [-0.2, -0.15) is 0 Å². The van der Waals surface area contributed by atoms with Crippen LogP contribution in [0.4, 0.5) is 0 Å². The molecule has 0 aliphatic carbocycles. The lowest BCUT2D eigenvalue weighted by molar-refractivity contribution is -0.137. The van der Waals surface area contributed by atoms with Gasteiger partial charge in [0.15, 0.2) is 0 Å². The molecule has 0 aromatic heterocycles. The van der Waals surface area contributed by atoms with Gasteiger partial charge in [0, 0.05) is 12.6 Å². The number of rotatable bonds is 4. The van der Waals surface area contributed by atoms with Crippen molar-refractivity contribution in [2.45, 2.75) is 26.7 Å². The molecule has 80 valence electrons. The molecule has 0 unspecified atom stereocenters. The van der Waals surface area contributed by atoms with Crippen LogP contribution < -0.4 is 0 Å². The highest BCUT2D eigenvalue weighted by Crippen LogP contribution is 2.09. The Morgan fingerprint density at radius 1 is 1.43 bits per heavy atom. The summed E-state index contributed by atoms with van der Waals surface area (Å²) in [4.78, 5) is 13.5. The van der Waals surface area contributed by atoms with Gasteiger partial charge in [0.05, 0.1) is 6.61 Å². The predicted octanol–water partition coefficient (Wildman–Crippen LogP) is 1.59. The second kappa shape index (κ2) is 5.81. The molecule has 0 bridgehead atoms. The van der Waals surface area contributed by atoms with E-state index in [4.69, 9.17) is 4.74 Å². The number of esters is 1. The zero-order valence-corrected chi connectivity index (χ0v) is 9.08. The molecular weight excluding hydrogens is 178 g/mol. The Morgan fingerprint density at radius 3 is 2.64 bits per heavy atom. The van der Waals surface area contributed by atoms with Crippen LogP contribution in [0.5, 0.6) is 0 Å². The van der Waals surface area contributed by atoms with Crippen molar-refractivity contribution in [2.75, 3.05) is 26.2 Å². The molecular formula is C11H19NO2. The summed E-state index contributed by atoms with van der Waals surface area (Å²) in [7, 11) is 0. The summed E-state index contributed by atoms with van der Waals surface area (Å²) in [5.41, 5.74) is 1.09. The van der Waals surface area contributed by atoms with Gasteiger partial charge in [-0.15, -0.1) is 0 Å². The van der Waals surface area contributed by atoms with Crippen LogP contribution in [0.3, 0.4) is 0 Å². The third-order valence-corrected chi connectivity index (χ3v) is 2.32. The van der Waals surface area contributed by atoms with Crippen molar-refractivity contribution >= 4 is 5.97 Å². The number of likely N-dealkylation sites (tertiary alicyclic amines) is 1. The van der Waals surface area contributed by atoms with Crippen LogP contribution in [0.1, 0.15) is 26.7 Å². The molecule has 1 fully saturated rings. The Bertz CT molecular complexity index is 217. The normalized spacial score (nSPS) is 18.6. The van der Waals surface area contributed by atoms with E-state index in [0.717, 1.165) is 25.2 Å². The fourth-order valence-electron chi connectivity index (χ4n) is 1.72. The third kappa shape index (κ3) is 3.92. The topological polar surface area (TPSA) is 29.5 Å². The first kappa shape index (κ1) is 11.2. The monoisotopic (exact) mass is 197 g/mol. The van der Waals surface area contributed by atoms with Crippen molar-refractivity contribution in [2.24, 2.45) is 0 Å². The zero-order chi connectivity index (χ0) is 10.4. The average molecular weight is 197 g/mol. The number of carbonyl (C=O) groups excluding carboxylic acids is 1. The Hall–Kier alpha value is -0.830. The van der Waals surface area contributed by atoms with Crippen LogP contribution in [-0.4, -0.2) is 37.1 Å². The first-order valence-electron chi connectivity index (χ1n) is 5.28. The third-order valence-electron chi connectivity index (χ3n) is 2.32. The van der Waals surface area contributed by atoms with Gasteiger partial charge in [0.25, 0.3) is 0 Å². The SMILES string of the molecule is CCOC(=O)C=C(C)CN1CCCC1. The zero-order valence-electron chi connectivity index (χ0n) is 9.08. The fourth-order valence-corrected chi connectivity index (χ4v) is 1.72. The van der Waals surface area contributed by atoms with Gasteiger partial charge in [-0.25, -0.2) is 4.79 Å². The molecule has 0 aromatic carbocycles. The maximum Gasteiger partial charge on any atom is 0.330 e. The lowest BCUT2D eigenvalue weighted by Gasteiger charge is -2.14. The lowest BCUT2D eigenvalue weighted by atomic mass is 10.2. The molecule has 1 aliphatic heterocycles. The van der Waals surface area contributed by atoms with Crippen LogP contribution in [0.25, 0.3) is 0 Å². The van der Waals surface area contributed by atoms with Gasteiger partial charge in [-0.05, 0) is 39.8 Å². The van der Waals surface area contributed by atoms with Gasteiger partial charge in [-0.1, -0.05) is 5.57 Å². The van der Waals surface area contributed by atoms with E-state index in [1.54, 1.807) is 6.08 Å². The van der Waals surface area contributed by atoms with Gasteiger partial charge >= 0.3 is 5.97 Å². The number of carbonyl (C=O) groups is 1. The predicted molar refractivity (Wildman–Crippen MR) is 56.1 cm³/mol. The quantitative estimate of drug-likeness (QED) is 0.506. The van der Waals surface area contributed by atoms with E-state index in [1.165, 1.54) is 12.8 Å². The van der Waals surface area contributed by atoms with Crippen molar-refractivity contribution in [1.29, 1.82) is 0 Å². The number of hydrogen-bond donors (Lipinski definition) is 0. The molecule has 0 N–H and O–H groups in total. The summed E-state index contributed by atoms with van der Waals surface area (Å²) in [6, 6.07) is 0. The minimum absolute atomic E-state index is 0.218. The molecule has 0 spiro atoms. The molecule has 1 aliphatic rings. The number of ether oxygens (including phenoxy) is 1. The Morgan fingerprint density at radius 2 is 2.07 bits per heavy atom. The second-order valence-electron chi connectivity index (χ2n) is 3.73. The number of hydrogen-bond acceptors (Lipinski definition) is 3. The van der Waals surface area contributed by atoms with Crippen LogP contribution in [0.2, 0.25) is 0 Å². The Labute approximate surface area is 85.7 Å². The Balaban J connectivity index is 2.31. The molecule has 14 heavy (non-hydrogen) atoms. The van der Waals surface area contributed by atoms with E-state index in [1.807, 2.05) is 13.8 Å². The van der Waals surface area contributed by atoms with Gasteiger partial charge < -0.3 is 4.74 Å². The summed E-state index contributed by atoms with van der Waals surface area (Å²) in [5.74, 6) is -0.218. The molecule has 0 aromatic rings. The van der Waals surface area contributed by atoms with Crippen LogP contribution in [0, 0.1) is 0 Å². The summed E-state index contributed by atoms with van der Waals surface area (Å²) >= 11 is 0. The first-order chi connectivity index (χ1) is 6.72. The molecule has 1 saturated heterocycles. The molecule has 1 rings (SSSR count). The van der Waals surface area contributed by atoms with E-state index >= 15 is 0 Å². The maximum atomic E-state index is 11.1. The minimum Gasteiger partial charge on any atom is -0.463 e. The Kier molecular flexibility index (Phi) is 4.66. The van der Waals surface area contributed by atoms with E-state index in [9.17, 15) is 4.79 Å². The van der Waals surface area contributed by atoms with Crippen molar-refractivity contribution in [1.82, 2.24) is 4.90 Å². The van der Waals surface area contributed by atoms with Crippen molar-refractivity contribution in [3.05, 3.63) is 11.6 Å². The van der Waals surface area contributed by atoms with Crippen molar-refractivity contribution in [3.8, 4) is 0 Å².